The molecule has 152 valence electrons. The minimum Gasteiger partial charge on any atom is -0.456 e. The van der Waals surface area contributed by atoms with E-state index in [-0.39, 0.29) is 36.8 Å². The van der Waals surface area contributed by atoms with Crippen molar-refractivity contribution in [2.45, 2.75) is 6.54 Å². The lowest BCUT2D eigenvalue weighted by atomic mass is 10.1. The van der Waals surface area contributed by atoms with Crippen LogP contribution in [0, 0.1) is 0 Å². The Bertz CT molecular complexity index is 1000. The van der Waals surface area contributed by atoms with Gasteiger partial charge in [0.25, 0.3) is 0 Å². The zero-order valence-electron chi connectivity index (χ0n) is 15.3. The molecule has 0 spiro atoms. The molecule has 0 atom stereocenters. The quantitative estimate of drug-likeness (QED) is 0.622. The zero-order valence-corrected chi connectivity index (χ0v) is 17.7. The average molecular weight is 446 g/mol. The fraction of sp³-hybridized carbons (Fsp3) is 0.350. The first-order valence-electron chi connectivity index (χ1n) is 8.84. The number of piperazine rings is 1. The van der Waals surface area contributed by atoms with Crippen LogP contribution in [0.2, 0.25) is 5.02 Å². The van der Waals surface area contributed by atoms with Gasteiger partial charge in [-0.2, -0.15) is 0 Å². The van der Waals surface area contributed by atoms with Crippen molar-refractivity contribution in [3.8, 4) is 0 Å². The predicted molar refractivity (Wildman–Crippen MR) is 118 cm³/mol. The van der Waals surface area contributed by atoms with Crippen LogP contribution in [0.25, 0.3) is 21.9 Å². The summed E-state index contributed by atoms with van der Waals surface area (Å²) >= 11 is 6.00. The van der Waals surface area contributed by atoms with E-state index in [0.717, 1.165) is 44.8 Å². The highest BCUT2D eigenvalue weighted by atomic mass is 35.5. The Morgan fingerprint density at radius 3 is 2.36 bits per heavy atom. The van der Waals surface area contributed by atoms with Crippen LogP contribution in [0.5, 0.6) is 0 Å². The Balaban J connectivity index is 0.00000140. The molecule has 28 heavy (non-hydrogen) atoms. The van der Waals surface area contributed by atoms with Gasteiger partial charge in [-0.25, -0.2) is 0 Å². The van der Waals surface area contributed by atoms with Gasteiger partial charge in [0.2, 0.25) is 5.43 Å². The summed E-state index contributed by atoms with van der Waals surface area (Å²) in [7, 11) is 0. The standard InChI is InChI=1S/C20H21ClN2O3.2ClH/c21-15-2-3-16-19(12-15)26-18-4-1-14(11-17(18)20(16)25)13-23-7-5-22(6-8-23)9-10-24;;/h1-4,11-12,24H,5-10,13H2;2*1H. The molecule has 0 bridgehead atoms. The number of halogens is 3. The molecule has 4 rings (SSSR count). The third-order valence-electron chi connectivity index (χ3n) is 4.98. The molecule has 0 radical (unpaired) electrons. The molecule has 1 fully saturated rings. The number of hydrogen-bond acceptors (Lipinski definition) is 5. The summed E-state index contributed by atoms with van der Waals surface area (Å²) in [5.41, 5.74) is 2.19. The van der Waals surface area contributed by atoms with E-state index in [1.54, 1.807) is 18.2 Å². The van der Waals surface area contributed by atoms with Crippen molar-refractivity contribution in [3.05, 3.63) is 57.2 Å². The van der Waals surface area contributed by atoms with E-state index < -0.39 is 0 Å². The van der Waals surface area contributed by atoms with Crippen LogP contribution in [0.4, 0.5) is 0 Å². The minimum absolute atomic E-state index is 0. The molecule has 1 saturated heterocycles. The summed E-state index contributed by atoms with van der Waals surface area (Å²) in [5.74, 6) is 0. The van der Waals surface area contributed by atoms with Crippen molar-refractivity contribution >= 4 is 58.4 Å². The maximum absolute atomic E-state index is 12.8. The topological polar surface area (TPSA) is 56.9 Å². The highest BCUT2D eigenvalue weighted by Crippen LogP contribution is 2.23. The monoisotopic (exact) mass is 444 g/mol. The van der Waals surface area contributed by atoms with Gasteiger partial charge in [-0.3, -0.25) is 14.6 Å². The van der Waals surface area contributed by atoms with Gasteiger partial charge < -0.3 is 9.52 Å². The summed E-state index contributed by atoms with van der Waals surface area (Å²) in [5, 5.41) is 10.7. The summed E-state index contributed by atoms with van der Waals surface area (Å²) in [6, 6.07) is 10.9. The average Bonchev–Trinajstić information content (AvgIpc) is 2.64. The number of hydrogen-bond donors (Lipinski definition) is 1. The first-order valence-corrected chi connectivity index (χ1v) is 9.22. The third-order valence-corrected chi connectivity index (χ3v) is 5.22. The van der Waals surface area contributed by atoms with E-state index in [4.69, 9.17) is 21.1 Å². The Kier molecular flexibility index (Phi) is 8.13. The van der Waals surface area contributed by atoms with E-state index in [9.17, 15) is 4.79 Å². The number of fused-ring (bicyclic) bond motifs is 2. The van der Waals surface area contributed by atoms with Crippen molar-refractivity contribution < 1.29 is 9.52 Å². The Morgan fingerprint density at radius 1 is 0.929 bits per heavy atom. The number of nitrogens with zero attached hydrogens (tertiary/aromatic N) is 2. The molecule has 2 heterocycles. The van der Waals surface area contributed by atoms with Gasteiger partial charge in [0.1, 0.15) is 11.2 Å². The molecule has 0 amide bonds. The summed E-state index contributed by atoms with van der Waals surface area (Å²) in [6.45, 7) is 5.59. The number of aliphatic hydroxyl groups is 1. The first-order chi connectivity index (χ1) is 12.6. The molecule has 0 unspecified atom stereocenters. The lowest BCUT2D eigenvalue weighted by molar-refractivity contribution is 0.108. The Hall–Kier alpha value is -1.34. The van der Waals surface area contributed by atoms with E-state index in [1.807, 2.05) is 18.2 Å². The lowest BCUT2D eigenvalue weighted by Crippen LogP contribution is -2.46. The van der Waals surface area contributed by atoms with Crippen LogP contribution in [0.15, 0.2) is 45.6 Å². The molecule has 1 N–H and O–H groups in total. The fourth-order valence-electron chi connectivity index (χ4n) is 3.54. The molecule has 2 aromatic carbocycles. The molecule has 0 saturated carbocycles. The lowest BCUT2D eigenvalue weighted by Gasteiger charge is -2.34. The molecular weight excluding hydrogens is 423 g/mol. The van der Waals surface area contributed by atoms with Gasteiger partial charge in [-0.05, 0) is 29.8 Å². The SMILES string of the molecule is Cl.Cl.O=c1c2ccc(Cl)cc2oc2ccc(CN3CCN(CCO)CC3)cc12. The van der Waals surface area contributed by atoms with Crippen LogP contribution in [0.1, 0.15) is 5.56 Å². The molecule has 1 aromatic heterocycles. The highest BCUT2D eigenvalue weighted by Gasteiger charge is 2.17. The molecular formula is C20H23Cl3N2O3. The maximum Gasteiger partial charge on any atom is 0.200 e. The van der Waals surface area contributed by atoms with Crippen LogP contribution >= 0.6 is 36.4 Å². The normalized spacial score (nSPS) is 15.4. The number of rotatable bonds is 4. The fourth-order valence-corrected chi connectivity index (χ4v) is 3.71. The predicted octanol–water partition coefficient (Wildman–Crippen LogP) is 3.55. The van der Waals surface area contributed by atoms with Gasteiger partial charge in [-0.15, -0.1) is 24.8 Å². The van der Waals surface area contributed by atoms with Crippen molar-refractivity contribution in [2.75, 3.05) is 39.3 Å². The minimum atomic E-state index is -0.0208. The highest BCUT2D eigenvalue weighted by molar-refractivity contribution is 6.31. The van der Waals surface area contributed by atoms with Crippen LogP contribution in [-0.4, -0.2) is 54.2 Å². The smallest absolute Gasteiger partial charge is 0.200 e. The van der Waals surface area contributed by atoms with Gasteiger partial charge >= 0.3 is 0 Å². The third kappa shape index (κ3) is 4.79. The van der Waals surface area contributed by atoms with Gasteiger partial charge in [0.05, 0.1) is 17.4 Å². The molecule has 3 aromatic rings. The number of benzene rings is 2. The second kappa shape index (κ2) is 9.92. The molecule has 5 nitrogen and oxygen atoms in total. The van der Waals surface area contributed by atoms with E-state index in [1.165, 1.54) is 0 Å². The summed E-state index contributed by atoms with van der Waals surface area (Å²) < 4.78 is 5.87. The number of aliphatic hydroxyl groups excluding tert-OH is 1. The van der Waals surface area contributed by atoms with Crippen molar-refractivity contribution in [1.82, 2.24) is 9.80 Å². The van der Waals surface area contributed by atoms with Gasteiger partial charge in [0, 0.05) is 50.4 Å². The van der Waals surface area contributed by atoms with Crippen LogP contribution in [0.3, 0.4) is 0 Å². The second-order valence-electron chi connectivity index (χ2n) is 6.74. The van der Waals surface area contributed by atoms with Crippen molar-refractivity contribution in [1.29, 1.82) is 0 Å². The largest absolute Gasteiger partial charge is 0.456 e. The molecule has 8 heteroatoms. The molecule has 1 aliphatic heterocycles. The Morgan fingerprint density at radius 2 is 1.64 bits per heavy atom. The van der Waals surface area contributed by atoms with E-state index >= 15 is 0 Å². The maximum atomic E-state index is 12.8. The first kappa shape index (κ1) is 22.9. The zero-order chi connectivity index (χ0) is 18.1. The molecule has 1 aliphatic rings. The van der Waals surface area contributed by atoms with Crippen LogP contribution in [-0.2, 0) is 6.54 Å². The van der Waals surface area contributed by atoms with Crippen molar-refractivity contribution in [2.24, 2.45) is 0 Å². The van der Waals surface area contributed by atoms with Gasteiger partial charge in [-0.1, -0.05) is 17.7 Å². The summed E-state index contributed by atoms with van der Waals surface area (Å²) in [6.07, 6.45) is 0. The Labute approximate surface area is 180 Å². The number of β-amino-alcohol motifs (C(OH)–C–C–N with tert-alkyl or cyclic N) is 1. The molecule has 0 aliphatic carbocycles. The van der Waals surface area contributed by atoms with Gasteiger partial charge in [0.15, 0.2) is 0 Å². The second-order valence-corrected chi connectivity index (χ2v) is 7.18. The van der Waals surface area contributed by atoms with Crippen molar-refractivity contribution in [3.63, 3.8) is 0 Å². The van der Waals surface area contributed by atoms with Crippen LogP contribution < -0.4 is 5.43 Å². The van der Waals surface area contributed by atoms with E-state index in [2.05, 4.69) is 9.80 Å². The summed E-state index contributed by atoms with van der Waals surface area (Å²) in [4.78, 5) is 17.5. The van der Waals surface area contributed by atoms with E-state index in [0.29, 0.717) is 27.0 Å².